The molecule has 0 radical (unpaired) electrons. The fourth-order valence-corrected chi connectivity index (χ4v) is 2.85. The molecule has 1 aromatic heterocycles. The highest BCUT2D eigenvalue weighted by molar-refractivity contribution is 7.92. The van der Waals surface area contributed by atoms with Gasteiger partial charge in [0.1, 0.15) is 0 Å². The quantitative estimate of drug-likeness (QED) is 0.649. The summed E-state index contributed by atoms with van der Waals surface area (Å²) in [6.45, 7) is 0. The van der Waals surface area contributed by atoms with E-state index in [9.17, 15) is 16.8 Å². The molecule has 1 rings (SSSR count). The maximum atomic E-state index is 11.0. The molecule has 6 nitrogen and oxygen atoms in total. The molecule has 1 aromatic rings. The molecule has 1 heterocycles. The molecule has 0 unspecified atom stereocenters. The third-order valence-electron chi connectivity index (χ3n) is 1.26. The van der Waals surface area contributed by atoms with Crippen molar-refractivity contribution >= 4 is 19.9 Å². The van der Waals surface area contributed by atoms with Gasteiger partial charge in [-0.2, -0.15) is 0 Å². The van der Waals surface area contributed by atoms with E-state index in [0.29, 0.717) is 3.97 Å². The van der Waals surface area contributed by atoms with Crippen molar-refractivity contribution in [3.63, 3.8) is 0 Å². The molecule has 0 atom stereocenters. The Labute approximate surface area is 76.2 Å². The molecule has 8 heteroatoms. The van der Waals surface area contributed by atoms with Crippen molar-refractivity contribution in [2.24, 2.45) is 0 Å². The van der Waals surface area contributed by atoms with E-state index >= 15 is 0 Å². The molecule has 0 saturated heterocycles. The van der Waals surface area contributed by atoms with E-state index in [-0.39, 0.29) is 0 Å². The van der Waals surface area contributed by atoms with Crippen molar-refractivity contribution in [2.45, 2.75) is 5.16 Å². The van der Waals surface area contributed by atoms with E-state index in [1.54, 1.807) is 0 Å². The smallest absolute Gasteiger partial charge is 0.226 e. The summed E-state index contributed by atoms with van der Waals surface area (Å²) >= 11 is 0. The van der Waals surface area contributed by atoms with Crippen molar-refractivity contribution in [2.75, 3.05) is 12.5 Å². The first-order valence-corrected chi connectivity index (χ1v) is 6.91. The summed E-state index contributed by atoms with van der Waals surface area (Å²) in [5.74, 6) is 0. The third-order valence-corrected chi connectivity index (χ3v) is 3.35. The van der Waals surface area contributed by atoms with Gasteiger partial charge in [-0.25, -0.2) is 25.8 Å². The van der Waals surface area contributed by atoms with Crippen LogP contribution in [-0.2, 0) is 19.9 Å². The van der Waals surface area contributed by atoms with Crippen LogP contribution in [0.4, 0.5) is 0 Å². The molecule has 0 fully saturated rings. The van der Waals surface area contributed by atoms with Gasteiger partial charge in [0.2, 0.25) is 25.0 Å². The van der Waals surface area contributed by atoms with Gasteiger partial charge in [0.15, 0.2) is 0 Å². The molecule has 0 N–H and O–H groups in total. The Balaban J connectivity index is 3.54. The molecule has 0 amide bonds. The lowest BCUT2D eigenvalue weighted by Gasteiger charge is -2.01. The topological polar surface area (TPSA) is 86.1 Å². The fraction of sp³-hybridized carbons (Fsp3) is 0.400. The van der Waals surface area contributed by atoms with E-state index < -0.39 is 25.0 Å². The van der Waals surface area contributed by atoms with Crippen LogP contribution in [-0.4, -0.2) is 38.3 Å². The van der Waals surface area contributed by atoms with E-state index in [1.807, 2.05) is 0 Å². The van der Waals surface area contributed by atoms with Crippen LogP contribution in [0.25, 0.3) is 0 Å². The normalized spacial score (nSPS) is 13.1. The van der Waals surface area contributed by atoms with Crippen LogP contribution in [0.15, 0.2) is 17.6 Å². The maximum Gasteiger partial charge on any atom is 0.241 e. The van der Waals surface area contributed by atoms with Gasteiger partial charge in [0.25, 0.3) is 0 Å². The van der Waals surface area contributed by atoms with Crippen LogP contribution in [0.2, 0.25) is 0 Å². The molecular formula is C5H8N2O4S2. The molecule has 0 spiro atoms. The minimum atomic E-state index is -3.60. The lowest BCUT2D eigenvalue weighted by molar-refractivity contribution is 0.574. The van der Waals surface area contributed by atoms with Gasteiger partial charge >= 0.3 is 0 Å². The summed E-state index contributed by atoms with van der Waals surface area (Å²) in [6.07, 6.45) is 4.02. The first-order valence-electron chi connectivity index (χ1n) is 3.17. The molecule has 0 aliphatic rings. The van der Waals surface area contributed by atoms with E-state index in [2.05, 4.69) is 4.98 Å². The van der Waals surface area contributed by atoms with E-state index in [4.69, 9.17) is 0 Å². The Hall–Kier alpha value is -0.890. The van der Waals surface area contributed by atoms with E-state index in [0.717, 1.165) is 24.9 Å². The maximum absolute atomic E-state index is 11.0. The average Bonchev–Trinajstić information content (AvgIpc) is 2.27. The van der Waals surface area contributed by atoms with Crippen LogP contribution in [0.1, 0.15) is 0 Å². The minimum Gasteiger partial charge on any atom is -0.226 e. The minimum absolute atomic E-state index is 0.463. The summed E-state index contributed by atoms with van der Waals surface area (Å²) in [5.41, 5.74) is 0. The highest BCUT2D eigenvalue weighted by Gasteiger charge is 2.19. The standard InChI is InChI=1S/C5H8N2O4S2/c1-12(8,9)5-6-3-4-7(5)13(2,10)11/h3-4H,1-2H3. The van der Waals surface area contributed by atoms with Gasteiger partial charge in [0, 0.05) is 18.6 Å². The number of aromatic nitrogens is 2. The zero-order valence-electron chi connectivity index (χ0n) is 7.00. The molecule has 0 aliphatic heterocycles. The molecule has 0 aliphatic carbocycles. The molecular weight excluding hydrogens is 216 g/mol. The van der Waals surface area contributed by atoms with Crippen LogP contribution < -0.4 is 0 Å². The third kappa shape index (κ3) is 2.07. The van der Waals surface area contributed by atoms with Crippen molar-refractivity contribution in [3.05, 3.63) is 12.4 Å². The summed E-state index contributed by atoms with van der Waals surface area (Å²) < 4.78 is 44.7. The second-order valence-corrected chi connectivity index (χ2v) is 6.31. The first-order chi connectivity index (χ1) is 5.73. The summed E-state index contributed by atoms with van der Waals surface area (Å²) in [6, 6.07) is 0. The molecule has 0 aromatic carbocycles. The van der Waals surface area contributed by atoms with Crippen LogP contribution >= 0.6 is 0 Å². The molecule has 0 saturated carbocycles. The second kappa shape index (κ2) is 2.81. The number of nitrogens with zero attached hydrogens (tertiary/aromatic N) is 2. The zero-order chi connectivity index (χ0) is 10.3. The van der Waals surface area contributed by atoms with Gasteiger partial charge in [0.05, 0.1) is 6.26 Å². The lowest BCUT2D eigenvalue weighted by atomic mass is 11.0. The Morgan fingerprint density at radius 1 is 1.23 bits per heavy atom. The van der Waals surface area contributed by atoms with Gasteiger partial charge in [-0.05, 0) is 0 Å². The highest BCUT2D eigenvalue weighted by atomic mass is 32.2. The van der Waals surface area contributed by atoms with Gasteiger partial charge < -0.3 is 0 Å². The van der Waals surface area contributed by atoms with Crippen molar-refractivity contribution in [1.29, 1.82) is 0 Å². The largest absolute Gasteiger partial charge is 0.241 e. The van der Waals surface area contributed by atoms with Crippen LogP contribution in [0.5, 0.6) is 0 Å². The fourth-order valence-electron chi connectivity index (χ4n) is 0.790. The van der Waals surface area contributed by atoms with Crippen LogP contribution in [0, 0.1) is 0 Å². The number of hydrogen-bond donors (Lipinski definition) is 0. The van der Waals surface area contributed by atoms with Crippen molar-refractivity contribution in [3.8, 4) is 0 Å². The summed E-state index contributed by atoms with van der Waals surface area (Å²) in [4.78, 5) is 3.45. The average molecular weight is 224 g/mol. The monoisotopic (exact) mass is 224 g/mol. The number of sulfone groups is 1. The number of imidazole rings is 1. The van der Waals surface area contributed by atoms with Gasteiger partial charge in [-0.1, -0.05) is 0 Å². The number of rotatable bonds is 2. The molecule has 0 bridgehead atoms. The van der Waals surface area contributed by atoms with Gasteiger partial charge in [-0.15, -0.1) is 0 Å². The summed E-state index contributed by atoms with van der Waals surface area (Å²) in [7, 11) is -7.20. The second-order valence-electron chi connectivity index (χ2n) is 2.54. The lowest BCUT2D eigenvalue weighted by Crippen LogP contribution is -2.15. The van der Waals surface area contributed by atoms with Crippen molar-refractivity contribution in [1.82, 2.24) is 8.96 Å². The Morgan fingerprint density at radius 3 is 2.08 bits per heavy atom. The Kier molecular flexibility index (Phi) is 2.20. The predicted octanol–water partition coefficient (Wildman–Crippen LogP) is -0.906. The molecule has 13 heavy (non-hydrogen) atoms. The summed E-state index contributed by atoms with van der Waals surface area (Å²) in [5, 5.41) is -0.463. The van der Waals surface area contributed by atoms with Gasteiger partial charge in [-0.3, -0.25) is 0 Å². The zero-order valence-corrected chi connectivity index (χ0v) is 8.63. The Morgan fingerprint density at radius 2 is 1.77 bits per heavy atom. The number of hydrogen-bond acceptors (Lipinski definition) is 5. The SMILES string of the molecule is CS(=O)(=O)c1nccn1S(C)(=O)=O. The highest BCUT2D eigenvalue weighted by Crippen LogP contribution is 2.07. The van der Waals surface area contributed by atoms with E-state index in [1.165, 1.54) is 0 Å². The van der Waals surface area contributed by atoms with Crippen molar-refractivity contribution < 1.29 is 16.8 Å². The first kappa shape index (κ1) is 10.2. The predicted molar refractivity (Wildman–Crippen MR) is 45.6 cm³/mol. The molecule has 74 valence electrons. The Bertz CT molecular complexity index is 464. The van der Waals surface area contributed by atoms with Crippen LogP contribution in [0.3, 0.4) is 0 Å².